The fourth-order valence-corrected chi connectivity index (χ4v) is 3.98. The molecule has 168 valence electrons. The van der Waals surface area contributed by atoms with Crippen LogP contribution >= 0.6 is 12.2 Å². The molecule has 0 amide bonds. The van der Waals surface area contributed by atoms with Gasteiger partial charge in [-0.05, 0) is 44.1 Å². The third kappa shape index (κ3) is 4.00. The Morgan fingerprint density at radius 2 is 2.12 bits per heavy atom. The molecule has 1 aromatic carbocycles. The predicted molar refractivity (Wildman–Crippen MR) is 122 cm³/mol. The fourth-order valence-electron chi connectivity index (χ4n) is 3.79. The molecule has 1 fully saturated rings. The molecular weight excluding hydrogens is 432 g/mol. The highest BCUT2D eigenvalue weighted by molar-refractivity contribution is 7.80. The average molecular weight is 457 g/mol. The number of imidazole rings is 1. The number of hydrogen-bond donors (Lipinski definition) is 1. The first-order chi connectivity index (χ1) is 15.6. The van der Waals surface area contributed by atoms with Crippen molar-refractivity contribution in [1.29, 1.82) is 0 Å². The third-order valence-electron chi connectivity index (χ3n) is 5.59. The van der Waals surface area contributed by atoms with Crippen LogP contribution in [0.2, 0.25) is 0 Å². The van der Waals surface area contributed by atoms with Gasteiger partial charge in [-0.25, -0.2) is 15.0 Å². The third-order valence-corrected chi connectivity index (χ3v) is 5.81. The van der Waals surface area contributed by atoms with E-state index in [2.05, 4.69) is 27.2 Å². The van der Waals surface area contributed by atoms with Crippen LogP contribution in [0.3, 0.4) is 0 Å². The van der Waals surface area contributed by atoms with Crippen LogP contribution in [0.25, 0.3) is 11.2 Å². The van der Waals surface area contributed by atoms with Gasteiger partial charge in [-0.1, -0.05) is 0 Å². The highest BCUT2D eigenvalue weighted by atomic mass is 32.1. The van der Waals surface area contributed by atoms with Crippen LogP contribution in [0.5, 0.6) is 11.5 Å². The topological polar surface area (TPSA) is 95.8 Å². The van der Waals surface area contributed by atoms with Gasteiger partial charge in [-0.15, -0.1) is 0 Å². The van der Waals surface area contributed by atoms with Gasteiger partial charge in [0.15, 0.2) is 28.5 Å². The number of nitrogens with one attached hydrogen (secondary N) is 1. The lowest BCUT2D eigenvalue weighted by Crippen LogP contribution is -2.22. The maximum atomic E-state index is 6.20. The number of rotatable bonds is 6. The number of thiocarbonyl (C=S) groups is 1. The molecule has 2 aromatic heterocycles. The van der Waals surface area contributed by atoms with E-state index in [0.29, 0.717) is 12.4 Å². The lowest BCUT2D eigenvalue weighted by atomic mass is 10.2. The zero-order valence-corrected chi connectivity index (χ0v) is 18.7. The highest BCUT2D eigenvalue weighted by Gasteiger charge is 2.29. The molecule has 0 spiro atoms. The predicted octanol–water partition coefficient (Wildman–Crippen LogP) is 3.10. The molecule has 4 heterocycles. The van der Waals surface area contributed by atoms with Crippen LogP contribution in [0, 0.1) is 0 Å². The molecule has 0 aliphatic carbocycles. The van der Waals surface area contributed by atoms with Gasteiger partial charge in [0.25, 0.3) is 5.17 Å². The summed E-state index contributed by atoms with van der Waals surface area (Å²) in [7, 11) is 1.99. The summed E-state index contributed by atoms with van der Waals surface area (Å²) in [6.07, 6.45) is 4.80. The molecule has 10 nitrogen and oxygen atoms in total. The summed E-state index contributed by atoms with van der Waals surface area (Å²) in [6.45, 7) is 3.49. The number of ether oxygens (including phenoxy) is 4. The second kappa shape index (κ2) is 8.75. The summed E-state index contributed by atoms with van der Waals surface area (Å²) < 4.78 is 24.6. The summed E-state index contributed by atoms with van der Waals surface area (Å²) in [5.41, 5.74) is 2.32. The van der Waals surface area contributed by atoms with Crippen molar-refractivity contribution in [2.45, 2.75) is 32.1 Å². The monoisotopic (exact) mass is 456 g/mol. The van der Waals surface area contributed by atoms with Gasteiger partial charge < -0.3 is 29.2 Å². The van der Waals surface area contributed by atoms with E-state index in [-0.39, 0.29) is 24.3 Å². The van der Waals surface area contributed by atoms with Crippen molar-refractivity contribution >= 4 is 40.1 Å². The zero-order valence-electron chi connectivity index (χ0n) is 17.9. The van der Waals surface area contributed by atoms with Gasteiger partial charge in [0.1, 0.15) is 19.2 Å². The molecule has 1 unspecified atom stereocenters. The summed E-state index contributed by atoms with van der Waals surface area (Å²) in [5.74, 6) is 2.22. The van der Waals surface area contributed by atoms with Gasteiger partial charge in [-0.2, -0.15) is 0 Å². The van der Waals surface area contributed by atoms with E-state index in [1.54, 1.807) is 12.7 Å². The lowest BCUT2D eigenvalue weighted by Gasteiger charge is -2.17. The van der Waals surface area contributed by atoms with E-state index in [1.807, 2.05) is 34.7 Å². The molecule has 1 N–H and O–H groups in total. The van der Waals surface area contributed by atoms with E-state index in [1.165, 1.54) is 0 Å². The van der Waals surface area contributed by atoms with Crippen LogP contribution in [-0.4, -0.2) is 57.8 Å². The standard InChI is InChI=1S/C21H24N6O4S/c1-3-26(2)19-18-20(23-10-22-19)27(11-24-18)17-7-5-14(31-17)9-28-21(32)25-13-4-6-15-16(8-13)30-12-29-15/h4,6,8,10-11,14,17H,3,5,7,9,12H2,1-2H3,(H,25,32)/t14-,17?/m0/s1. The van der Waals surface area contributed by atoms with Gasteiger partial charge in [-0.3, -0.25) is 4.57 Å². The van der Waals surface area contributed by atoms with Crippen LogP contribution in [0.15, 0.2) is 30.9 Å². The van der Waals surface area contributed by atoms with Crippen molar-refractivity contribution in [2.24, 2.45) is 0 Å². The maximum Gasteiger partial charge on any atom is 0.261 e. The van der Waals surface area contributed by atoms with E-state index >= 15 is 0 Å². The van der Waals surface area contributed by atoms with Gasteiger partial charge in [0.2, 0.25) is 6.79 Å². The van der Waals surface area contributed by atoms with Crippen LogP contribution in [0.1, 0.15) is 26.0 Å². The lowest BCUT2D eigenvalue weighted by molar-refractivity contribution is -0.0174. The van der Waals surface area contributed by atoms with Crippen molar-refractivity contribution in [2.75, 3.05) is 37.2 Å². The Bertz CT molecular complexity index is 1140. The van der Waals surface area contributed by atoms with E-state index in [0.717, 1.165) is 47.8 Å². The van der Waals surface area contributed by atoms with Crippen molar-refractivity contribution in [1.82, 2.24) is 19.5 Å². The smallest absolute Gasteiger partial charge is 0.261 e. The Morgan fingerprint density at radius 3 is 3.00 bits per heavy atom. The molecule has 32 heavy (non-hydrogen) atoms. The molecule has 5 rings (SSSR count). The molecular formula is C21H24N6O4S. The van der Waals surface area contributed by atoms with Gasteiger partial charge in [0.05, 0.1) is 12.4 Å². The van der Waals surface area contributed by atoms with Gasteiger partial charge in [0, 0.05) is 25.3 Å². The van der Waals surface area contributed by atoms with E-state index in [4.69, 9.17) is 31.2 Å². The maximum absolute atomic E-state index is 6.20. The first-order valence-corrected chi connectivity index (χ1v) is 10.9. The number of aromatic nitrogens is 4. The Hall–Kier alpha value is -3.18. The summed E-state index contributed by atoms with van der Waals surface area (Å²) in [6, 6.07) is 5.53. The molecule has 0 bridgehead atoms. The second-order valence-electron chi connectivity index (χ2n) is 7.62. The second-order valence-corrected chi connectivity index (χ2v) is 7.99. The highest BCUT2D eigenvalue weighted by Crippen LogP contribution is 2.34. The summed E-state index contributed by atoms with van der Waals surface area (Å²) in [5, 5.41) is 3.34. The first kappa shape index (κ1) is 20.7. The number of hydrogen-bond acceptors (Lipinski definition) is 9. The van der Waals surface area contributed by atoms with Crippen LogP contribution in [-0.2, 0) is 9.47 Å². The molecule has 0 saturated carbocycles. The molecule has 3 aromatic rings. The van der Waals surface area contributed by atoms with Crippen molar-refractivity contribution in [3.63, 3.8) is 0 Å². The average Bonchev–Trinajstić information content (AvgIpc) is 3.55. The summed E-state index contributed by atoms with van der Waals surface area (Å²) >= 11 is 5.32. The van der Waals surface area contributed by atoms with Crippen molar-refractivity contribution in [3.8, 4) is 11.5 Å². The molecule has 0 radical (unpaired) electrons. The zero-order chi connectivity index (χ0) is 22.1. The molecule has 1 saturated heterocycles. The van der Waals surface area contributed by atoms with Gasteiger partial charge >= 0.3 is 0 Å². The summed E-state index contributed by atoms with van der Waals surface area (Å²) in [4.78, 5) is 15.4. The minimum absolute atomic E-state index is 0.0754. The molecule has 2 aliphatic rings. The van der Waals surface area contributed by atoms with E-state index < -0.39 is 0 Å². The molecule has 2 aliphatic heterocycles. The largest absolute Gasteiger partial charge is 0.468 e. The molecule has 11 heteroatoms. The Balaban J connectivity index is 1.18. The minimum atomic E-state index is -0.154. The van der Waals surface area contributed by atoms with E-state index in [9.17, 15) is 0 Å². The number of nitrogens with zero attached hydrogens (tertiary/aromatic N) is 5. The van der Waals surface area contributed by atoms with Crippen LogP contribution in [0.4, 0.5) is 11.5 Å². The Labute approximate surface area is 190 Å². The van der Waals surface area contributed by atoms with Crippen molar-refractivity contribution in [3.05, 3.63) is 30.9 Å². The first-order valence-electron chi connectivity index (χ1n) is 10.5. The Kier molecular flexibility index (Phi) is 5.66. The quantitative estimate of drug-likeness (QED) is 0.558. The van der Waals surface area contributed by atoms with Crippen LogP contribution < -0.4 is 19.7 Å². The Morgan fingerprint density at radius 1 is 1.25 bits per heavy atom. The SMILES string of the molecule is CCN(C)c1ncnc2c1ncn2C1CC[C@@H](COC(=S)Nc2ccc3c(c2)OCO3)O1. The molecule has 2 atom stereocenters. The number of fused-ring (bicyclic) bond motifs is 2. The number of benzene rings is 1. The minimum Gasteiger partial charge on any atom is -0.468 e. The van der Waals surface area contributed by atoms with Crippen molar-refractivity contribution < 1.29 is 18.9 Å². The normalized spacial score (nSPS) is 19.3. The fraction of sp³-hybridized carbons (Fsp3) is 0.429. The number of anilines is 2.